The molecule has 9 nitrogen and oxygen atoms in total. The molecule has 3 aromatic rings. The Balaban J connectivity index is 1.44. The fourth-order valence-corrected chi connectivity index (χ4v) is 3.86. The SMILES string of the molecule is COc1cc(NC(=O)CN(Cc2ccc(C(=O)NC3CC3)cc2)Cc2ccco2)cc(OC)c1OC. The average Bonchev–Trinajstić information content (AvgIpc) is 3.54. The van der Waals surface area contributed by atoms with E-state index in [2.05, 4.69) is 10.6 Å². The second-order valence-electron chi connectivity index (χ2n) is 8.63. The molecule has 2 aromatic carbocycles. The third-order valence-corrected chi connectivity index (χ3v) is 5.81. The molecule has 0 saturated heterocycles. The molecular weight excluding hydrogens is 462 g/mol. The highest BCUT2D eigenvalue weighted by Gasteiger charge is 2.24. The monoisotopic (exact) mass is 493 g/mol. The summed E-state index contributed by atoms with van der Waals surface area (Å²) < 4.78 is 21.6. The molecule has 1 aliphatic rings. The number of nitrogens with one attached hydrogen (secondary N) is 2. The van der Waals surface area contributed by atoms with Crippen LogP contribution in [-0.2, 0) is 17.9 Å². The maximum Gasteiger partial charge on any atom is 0.251 e. The molecule has 0 unspecified atom stereocenters. The Bertz CT molecular complexity index is 1150. The van der Waals surface area contributed by atoms with Crippen LogP contribution in [0.5, 0.6) is 17.2 Å². The van der Waals surface area contributed by atoms with Crippen LogP contribution >= 0.6 is 0 Å². The Morgan fingerprint density at radius 1 is 0.972 bits per heavy atom. The van der Waals surface area contributed by atoms with E-state index in [9.17, 15) is 9.59 Å². The van der Waals surface area contributed by atoms with E-state index in [0.29, 0.717) is 47.6 Å². The number of ether oxygens (including phenoxy) is 3. The number of rotatable bonds is 12. The molecule has 4 rings (SSSR count). The molecule has 36 heavy (non-hydrogen) atoms. The summed E-state index contributed by atoms with van der Waals surface area (Å²) in [5.41, 5.74) is 2.13. The fourth-order valence-electron chi connectivity index (χ4n) is 3.86. The van der Waals surface area contributed by atoms with Crippen molar-refractivity contribution in [3.8, 4) is 17.2 Å². The molecule has 0 radical (unpaired) electrons. The summed E-state index contributed by atoms with van der Waals surface area (Å²) in [4.78, 5) is 27.2. The summed E-state index contributed by atoms with van der Waals surface area (Å²) in [5, 5.41) is 5.90. The minimum absolute atomic E-state index is 0.0544. The predicted octanol–water partition coefficient (Wildman–Crippen LogP) is 3.84. The van der Waals surface area contributed by atoms with Gasteiger partial charge in [0.15, 0.2) is 11.5 Å². The van der Waals surface area contributed by atoms with E-state index in [1.807, 2.05) is 41.3 Å². The second-order valence-corrected chi connectivity index (χ2v) is 8.63. The molecule has 0 atom stereocenters. The standard InChI is InChI=1S/C27H31N3O6/c1-33-23-13-21(14-24(34-2)26(23)35-3)28-25(31)17-30(16-22-5-4-12-36-22)15-18-6-8-19(9-7-18)27(32)29-20-10-11-20/h4-9,12-14,20H,10-11,15-17H2,1-3H3,(H,28,31)(H,29,32). The summed E-state index contributed by atoms with van der Waals surface area (Å²) in [6.45, 7) is 1.05. The highest BCUT2D eigenvalue weighted by Crippen LogP contribution is 2.39. The second kappa shape index (κ2) is 11.6. The van der Waals surface area contributed by atoms with E-state index in [1.54, 1.807) is 18.4 Å². The lowest BCUT2D eigenvalue weighted by Crippen LogP contribution is -2.32. The van der Waals surface area contributed by atoms with Gasteiger partial charge in [0.1, 0.15) is 5.76 Å². The van der Waals surface area contributed by atoms with Crippen molar-refractivity contribution in [1.29, 1.82) is 0 Å². The molecule has 2 N–H and O–H groups in total. The first-order valence-corrected chi connectivity index (χ1v) is 11.7. The van der Waals surface area contributed by atoms with Crippen molar-refractivity contribution in [2.75, 3.05) is 33.2 Å². The zero-order chi connectivity index (χ0) is 25.5. The first-order chi connectivity index (χ1) is 17.5. The van der Waals surface area contributed by atoms with Gasteiger partial charge in [0.2, 0.25) is 11.7 Å². The summed E-state index contributed by atoms with van der Waals surface area (Å²) in [6, 6.07) is 14.8. The number of methoxy groups -OCH3 is 3. The number of nitrogens with zero attached hydrogens (tertiary/aromatic N) is 1. The van der Waals surface area contributed by atoms with Gasteiger partial charge in [0.05, 0.1) is 40.7 Å². The van der Waals surface area contributed by atoms with Crippen LogP contribution in [0.25, 0.3) is 0 Å². The van der Waals surface area contributed by atoms with Gasteiger partial charge >= 0.3 is 0 Å². The highest BCUT2D eigenvalue weighted by atomic mass is 16.5. The van der Waals surface area contributed by atoms with Crippen LogP contribution in [0.4, 0.5) is 5.69 Å². The van der Waals surface area contributed by atoms with Crippen LogP contribution in [0.3, 0.4) is 0 Å². The first kappa shape index (κ1) is 25.1. The van der Waals surface area contributed by atoms with Crippen molar-refractivity contribution < 1.29 is 28.2 Å². The van der Waals surface area contributed by atoms with E-state index >= 15 is 0 Å². The number of carbonyl (C=O) groups excluding carboxylic acids is 2. The van der Waals surface area contributed by atoms with Crippen molar-refractivity contribution in [2.45, 2.75) is 32.0 Å². The van der Waals surface area contributed by atoms with Gasteiger partial charge in [-0.2, -0.15) is 0 Å². The summed E-state index contributed by atoms with van der Waals surface area (Å²) in [7, 11) is 4.57. The Kier molecular flexibility index (Phi) is 8.12. The van der Waals surface area contributed by atoms with Gasteiger partial charge in [-0.1, -0.05) is 12.1 Å². The van der Waals surface area contributed by atoms with Gasteiger partial charge in [0, 0.05) is 36.0 Å². The van der Waals surface area contributed by atoms with Gasteiger partial charge < -0.3 is 29.3 Å². The lowest BCUT2D eigenvalue weighted by Gasteiger charge is -2.21. The maximum absolute atomic E-state index is 13.0. The Hall–Kier alpha value is -3.98. The molecule has 0 bridgehead atoms. The molecule has 0 spiro atoms. The lowest BCUT2D eigenvalue weighted by atomic mass is 10.1. The van der Waals surface area contributed by atoms with Gasteiger partial charge in [-0.05, 0) is 42.7 Å². The molecular formula is C27H31N3O6. The Morgan fingerprint density at radius 2 is 1.67 bits per heavy atom. The van der Waals surface area contributed by atoms with Gasteiger partial charge in [-0.15, -0.1) is 0 Å². The number of furan rings is 1. The Labute approximate surface area is 210 Å². The van der Waals surface area contributed by atoms with Crippen LogP contribution in [-0.4, -0.2) is 50.6 Å². The van der Waals surface area contributed by atoms with Crippen molar-refractivity contribution in [2.24, 2.45) is 0 Å². The summed E-state index contributed by atoms with van der Waals surface area (Å²) in [6.07, 6.45) is 3.70. The molecule has 2 amide bonds. The fraction of sp³-hybridized carbons (Fsp3) is 0.333. The van der Waals surface area contributed by atoms with Gasteiger partial charge in [0.25, 0.3) is 5.91 Å². The van der Waals surface area contributed by atoms with E-state index in [-0.39, 0.29) is 18.4 Å². The molecule has 190 valence electrons. The molecule has 1 aromatic heterocycles. The van der Waals surface area contributed by atoms with Gasteiger partial charge in [-0.25, -0.2) is 0 Å². The van der Waals surface area contributed by atoms with Crippen molar-refractivity contribution in [1.82, 2.24) is 10.2 Å². The molecule has 1 saturated carbocycles. The van der Waals surface area contributed by atoms with Crippen molar-refractivity contribution >= 4 is 17.5 Å². The molecule has 1 fully saturated rings. The van der Waals surface area contributed by atoms with Gasteiger partial charge in [-0.3, -0.25) is 14.5 Å². The highest BCUT2D eigenvalue weighted by molar-refractivity contribution is 5.94. The topological polar surface area (TPSA) is 102 Å². The average molecular weight is 494 g/mol. The first-order valence-electron chi connectivity index (χ1n) is 11.7. The van der Waals surface area contributed by atoms with E-state index in [0.717, 1.165) is 24.2 Å². The quantitative estimate of drug-likeness (QED) is 0.395. The largest absolute Gasteiger partial charge is 0.493 e. The number of hydrogen-bond acceptors (Lipinski definition) is 7. The predicted molar refractivity (Wildman–Crippen MR) is 134 cm³/mol. The number of anilines is 1. The van der Waals surface area contributed by atoms with Crippen LogP contribution in [0.1, 0.15) is 34.5 Å². The molecule has 9 heteroatoms. The van der Waals surface area contributed by atoms with E-state index in [4.69, 9.17) is 18.6 Å². The number of benzene rings is 2. The maximum atomic E-state index is 13.0. The van der Waals surface area contributed by atoms with Crippen LogP contribution in [0.15, 0.2) is 59.2 Å². The molecule has 0 aliphatic heterocycles. The number of amides is 2. The molecule has 1 heterocycles. The minimum atomic E-state index is -0.212. The van der Waals surface area contributed by atoms with E-state index in [1.165, 1.54) is 21.3 Å². The van der Waals surface area contributed by atoms with Crippen LogP contribution in [0.2, 0.25) is 0 Å². The smallest absolute Gasteiger partial charge is 0.251 e. The zero-order valence-electron chi connectivity index (χ0n) is 20.7. The zero-order valence-corrected chi connectivity index (χ0v) is 20.7. The summed E-state index contributed by atoms with van der Waals surface area (Å²) in [5.74, 6) is 1.83. The van der Waals surface area contributed by atoms with E-state index < -0.39 is 0 Å². The normalized spacial score (nSPS) is 12.8. The van der Waals surface area contributed by atoms with Crippen LogP contribution in [0, 0.1) is 0 Å². The summed E-state index contributed by atoms with van der Waals surface area (Å²) >= 11 is 0. The van der Waals surface area contributed by atoms with Crippen molar-refractivity contribution in [3.05, 3.63) is 71.7 Å². The lowest BCUT2D eigenvalue weighted by molar-refractivity contribution is -0.117. The van der Waals surface area contributed by atoms with Crippen LogP contribution < -0.4 is 24.8 Å². The number of hydrogen-bond donors (Lipinski definition) is 2. The number of carbonyl (C=O) groups is 2. The minimum Gasteiger partial charge on any atom is -0.493 e. The van der Waals surface area contributed by atoms with Crippen molar-refractivity contribution in [3.63, 3.8) is 0 Å². The molecule has 1 aliphatic carbocycles. The Morgan fingerprint density at radius 3 is 2.22 bits per heavy atom. The third kappa shape index (κ3) is 6.57. The third-order valence-electron chi connectivity index (χ3n) is 5.81.